The van der Waals surface area contributed by atoms with E-state index in [9.17, 15) is 9.90 Å². The highest BCUT2D eigenvalue weighted by molar-refractivity contribution is 5.75. The molecule has 0 unspecified atom stereocenters. The Morgan fingerprint density at radius 1 is 1.32 bits per heavy atom. The van der Waals surface area contributed by atoms with Crippen molar-refractivity contribution in [2.75, 3.05) is 31.6 Å². The molecule has 1 fully saturated rings. The van der Waals surface area contributed by atoms with Gasteiger partial charge in [-0.25, -0.2) is 4.98 Å². The van der Waals surface area contributed by atoms with Crippen molar-refractivity contribution >= 4 is 11.8 Å². The Balaban J connectivity index is 1.21. The zero-order chi connectivity index (χ0) is 21.6. The minimum absolute atomic E-state index is 0.110. The molecule has 0 spiro atoms. The molecule has 2 atom stereocenters. The first-order valence-corrected chi connectivity index (χ1v) is 11.5. The molecule has 6 heteroatoms. The lowest BCUT2D eigenvalue weighted by Gasteiger charge is -2.24. The first-order valence-electron chi connectivity index (χ1n) is 11.5. The second kappa shape index (κ2) is 10.2. The standard InChI is InChI=1S/C25H33N3O3/c1-18-16-20(27-24-22(18)11-7-13-26-24)10-5-6-15-31-21-12-14-28(17-21)23(25(29)30)19-8-3-2-4-9-19/h2-4,8-9,16,21,23H,5-7,10-15,17H2,1H3,(H,26,27)(H,29,30)/t21-,23+/m1/s1. The average Bonchev–Trinajstić information content (AvgIpc) is 3.22. The molecule has 0 saturated carbocycles. The summed E-state index contributed by atoms with van der Waals surface area (Å²) in [4.78, 5) is 18.7. The number of fused-ring (bicyclic) bond motifs is 1. The molecule has 2 aliphatic heterocycles. The fourth-order valence-corrected chi connectivity index (χ4v) is 4.76. The summed E-state index contributed by atoms with van der Waals surface area (Å²) in [6.45, 7) is 5.34. The zero-order valence-electron chi connectivity index (χ0n) is 18.3. The van der Waals surface area contributed by atoms with E-state index in [-0.39, 0.29) is 6.10 Å². The molecule has 3 heterocycles. The summed E-state index contributed by atoms with van der Waals surface area (Å²) in [6, 6.07) is 11.1. The Morgan fingerprint density at radius 3 is 2.97 bits per heavy atom. The van der Waals surface area contributed by atoms with Crippen LogP contribution in [0.1, 0.15) is 54.1 Å². The summed E-state index contributed by atoms with van der Waals surface area (Å²) in [5.41, 5.74) is 4.71. The van der Waals surface area contributed by atoms with E-state index in [1.54, 1.807) is 0 Å². The molecule has 4 rings (SSSR count). The summed E-state index contributed by atoms with van der Waals surface area (Å²) in [5, 5.41) is 13.2. The van der Waals surface area contributed by atoms with Gasteiger partial charge in [0, 0.05) is 31.9 Å². The molecule has 1 saturated heterocycles. The lowest BCUT2D eigenvalue weighted by Crippen LogP contribution is -2.33. The molecule has 1 aromatic heterocycles. The molecule has 6 nitrogen and oxygen atoms in total. The molecule has 0 aliphatic carbocycles. The highest BCUT2D eigenvalue weighted by Crippen LogP contribution is 2.27. The van der Waals surface area contributed by atoms with Crippen LogP contribution in [-0.4, -0.2) is 53.3 Å². The van der Waals surface area contributed by atoms with Gasteiger partial charge < -0.3 is 15.2 Å². The number of carboxylic acids is 1. The highest BCUT2D eigenvalue weighted by atomic mass is 16.5. The number of carboxylic acid groups (broad SMARTS) is 1. The lowest BCUT2D eigenvalue weighted by atomic mass is 10.0. The number of aromatic nitrogens is 1. The number of aryl methyl sites for hydroxylation is 2. The van der Waals surface area contributed by atoms with Crippen molar-refractivity contribution in [3.63, 3.8) is 0 Å². The van der Waals surface area contributed by atoms with E-state index in [1.807, 2.05) is 35.2 Å². The Hall–Kier alpha value is -2.44. The van der Waals surface area contributed by atoms with Crippen LogP contribution in [-0.2, 0) is 22.4 Å². The van der Waals surface area contributed by atoms with Crippen molar-refractivity contribution in [2.24, 2.45) is 0 Å². The van der Waals surface area contributed by atoms with Crippen LogP contribution in [0, 0.1) is 6.92 Å². The summed E-state index contributed by atoms with van der Waals surface area (Å²) in [6.07, 6.45) is 6.30. The second-order valence-corrected chi connectivity index (χ2v) is 8.67. The zero-order valence-corrected chi connectivity index (χ0v) is 18.3. The van der Waals surface area contributed by atoms with Crippen molar-refractivity contribution in [3.05, 3.63) is 58.8 Å². The lowest BCUT2D eigenvalue weighted by molar-refractivity contribution is -0.143. The molecule has 0 amide bonds. The Morgan fingerprint density at radius 2 is 2.16 bits per heavy atom. The van der Waals surface area contributed by atoms with Crippen molar-refractivity contribution in [1.29, 1.82) is 0 Å². The van der Waals surface area contributed by atoms with Gasteiger partial charge in [-0.2, -0.15) is 0 Å². The number of nitrogens with zero attached hydrogens (tertiary/aromatic N) is 2. The number of ether oxygens (including phenoxy) is 1. The van der Waals surface area contributed by atoms with E-state index in [4.69, 9.17) is 9.72 Å². The highest BCUT2D eigenvalue weighted by Gasteiger charge is 2.33. The van der Waals surface area contributed by atoms with Crippen LogP contribution < -0.4 is 5.32 Å². The molecule has 1 aromatic carbocycles. The van der Waals surface area contributed by atoms with Crippen LogP contribution >= 0.6 is 0 Å². The van der Waals surface area contributed by atoms with Crippen molar-refractivity contribution in [3.8, 4) is 0 Å². The van der Waals surface area contributed by atoms with Crippen molar-refractivity contribution in [2.45, 2.75) is 57.6 Å². The third-order valence-electron chi connectivity index (χ3n) is 6.37. The number of carbonyl (C=O) groups is 1. The topological polar surface area (TPSA) is 74.7 Å². The number of unbranched alkanes of at least 4 members (excludes halogenated alkanes) is 1. The number of anilines is 1. The van der Waals surface area contributed by atoms with Crippen LogP contribution in [0.5, 0.6) is 0 Å². The van der Waals surface area contributed by atoms with Gasteiger partial charge in [0.25, 0.3) is 0 Å². The van der Waals surface area contributed by atoms with Gasteiger partial charge in [0.2, 0.25) is 0 Å². The fraction of sp³-hybridized carbons (Fsp3) is 0.520. The predicted molar refractivity (Wildman–Crippen MR) is 121 cm³/mol. The predicted octanol–water partition coefficient (Wildman–Crippen LogP) is 3.99. The maximum Gasteiger partial charge on any atom is 0.325 e. The number of nitrogens with one attached hydrogen (secondary N) is 1. The number of hydrogen-bond donors (Lipinski definition) is 2. The molecular weight excluding hydrogens is 390 g/mol. The van der Waals surface area contributed by atoms with Crippen LogP contribution in [0.3, 0.4) is 0 Å². The van der Waals surface area contributed by atoms with Gasteiger partial charge in [0.1, 0.15) is 11.9 Å². The quantitative estimate of drug-likeness (QED) is 0.594. The fourth-order valence-electron chi connectivity index (χ4n) is 4.76. The van der Waals surface area contributed by atoms with Crippen LogP contribution in [0.15, 0.2) is 36.4 Å². The Bertz CT molecular complexity index is 887. The Labute approximate surface area is 184 Å². The van der Waals surface area contributed by atoms with Gasteiger partial charge in [0.15, 0.2) is 0 Å². The van der Waals surface area contributed by atoms with E-state index >= 15 is 0 Å². The van der Waals surface area contributed by atoms with Gasteiger partial charge >= 0.3 is 5.97 Å². The molecule has 2 aliphatic rings. The number of rotatable bonds is 9. The number of pyridine rings is 1. The number of likely N-dealkylation sites (tertiary alicyclic amines) is 1. The van der Waals surface area contributed by atoms with Gasteiger partial charge in [-0.1, -0.05) is 30.3 Å². The van der Waals surface area contributed by atoms with Crippen molar-refractivity contribution in [1.82, 2.24) is 9.88 Å². The van der Waals surface area contributed by atoms with E-state index in [0.29, 0.717) is 13.2 Å². The minimum Gasteiger partial charge on any atom is -0.480 e. The molecule has 0 radical (unpaired) electrons. The van der Waals surface area contributed by atoms with Gasteiger partial charge in [-0.3, -0.25) is 9.69 Å². The molecule has 2 N–H and O–H groups in total. The normalized spacial score (nSPS) is 19.6. The summed E-state index contributed by atoms with van der Waals surface area (Å²) in [7, 11) is 0. The first kappa shape index (κ1) is 21.8. The third kappa shape index (κ3) is 5.43. The second-order valence-electron chi connectivity index (χ2n) is 8.67. The van der Waals surface area contributed by atoms with E-state index in [1.165, 1.54) is 17.5 Å². The number of hydrogen-bond acceptors (Lipinski definition) is 5. The maximum atomic E-state index is 11.8. The van der Waals surface area contributed by atoms with Gasteiger partial charge in [-0.05, 0) is 68.2 Å². The first-order chi connectivity index (χ1) is 15.1. The summed E-state index contributed by atoms with van der Waals surface area (Å²) < 4.78 is 6.08. The molecule has 2 aromatic rings. The number of benzene rings is 1. The van der Waals surface area contributed by atoms with Crippen LogP contribution in [0.2, 0.25) is 0 Å². The number of aliphatic carboxylic acids is 1. The van der Waals surface area contributed by atoms with Crippen LogP contribution in [0.4, 0.5) is 5.82 Å². The van der Waals surface area contributed by atoms with E-state index < -0.39 is 12.0 Å². The molecule has 31 heavy (non-hydrogen) atoms. The monoisotopic (exact) mass is 423 g/mol. The minimum atomic E-state index is -0.797. The van der Waals surface area contributed by atoms with E-state index in [0.717, 1.165) is 62.3 Å². The largest absolute Gasteiger partial charge is 0.480 e. The summed E-state index contributed by atoms with van der Waals surface area (Å²) in [5.74, 6) is 0.282. The van der Waals surface area contributed by atoms with Crippen LogP contribution in [0.25, 0.3) is 0 Å². The summed E-state index contributed by atoms with van der Waals surface area (Å²) >= 11 is 0. The maximum absolute atomic E-state index is 11.8. The smallest absolute Gasteiger partial charge is 0.325 e. The van der Waals surface area contributed by atoms with E-state index in [2.05, 4.69) is 18.3 Å². The van der Waals surface area contributed by atoms with Gasteiger partial charge in [0.05, 0.1) is 6.10 Å². The Kier molecular flexibility index (Phi) is 7.20. The third-order valence-corrected chi connectivity index (χ3v) is 6.37. The molecule has 166 valence electrons. The SMILES string of the molecule is Cc1cc(CCCCO[C@@H]2CCN([C@H](C(=O)O)c3ccccc3)C2)nc2c1CCCN2. The average molecular weight is 424 g/mol. The van der Waals surface area contributed by atoms with Gasteiger partial charge in [-0.15, -0.1) is 0 Å². The molecule has 0 bridgehead atoms. The van der Waals surface area contributed by atoms with Crippen molar-refractivity contribution < 1.29 is 14.6 Å². The molecular formula is C25H33N3O3.